The van der Waals surface area contributed by atoms with Crippen molar-refractivity contribution in [1.82, 2.24) is 5.32 Å². The number of halogens is 1. The lowest BCUT2D eigenvalue weighted by Crippen LogP contribution is -2.28. The molecule has 2 rings (SSSR count). The number of hydrogen-bond donors (Lipinski definition) is 1. The predicted octanol–water partition coefficient (Wildman–Crippen LogP) is 3.38. The Labute approximate surface area is 116 Å². The van der Waals surface area contributed by atoms with Crippen molar-refractivity contribution in [1.29, 1.82) is 0 Å². The first kappa shape index (κ1) is 13.4. The molecule has 0 unspecified atom stereocenters. The van der Waals surface area contributed by atoms with E-state index < -0.39 is 0 Å². The molecular weight excluding hydrogens is 294 g/mol. The summed E-state index contributed by atoms with van der Waals surface area (Å²) in [5.74, 6) is 1.39. The molecule has 1 N–H and O–H groups in total. The third kappa shape index (κ3) is 3.25. The maximum atomic E-state index is 12.0. The van der Waals surface area contributed by atoms with Crippen molar-refractivity contribution in [2.75, 3.05) is 13.7 Å². The molecular formula is C14H18BrNO2. The van der Waals surface area contributed by atoms with E-state index in [1.807, 2.05) is 0 Å². The highest BCUT2D eigenvalue weighted by atomic mass is 79.9. The molecule has 0 aromatic heterocycles. The van der Waals surface area contributed by atoms with Gasteiger partial charge in [-0.15, -0.1) is 0 Å². The first-order valence-electron chi connectivity index (χ1n) is 6.32. The zero-order valence-corrected chi connectivity index (χ0v) is 12.1. The van der Waals surface area contributed by atoms with E-state index in [1.165, 1.54) is 25.7 Å². The number of hydrogen-bond acceptors (Lipinski definition) is 2. The molecule has 1 fully saturated rings. The quantitative estimate of drug-likeness (QED) is 0.925. The summed E-state index contributed by atoms with van der Waals surface area (Å²) in [6.07, 6.45) is 5.09. The minimum Gasteiger partial charge on any atom is -0.496 e. The monoisotopic (exact) mass is 311 g/mol. The van der Waals surface area contributed by atoms with Crippen molar-refractivity contribution in [2.24, 2.45) is 5.92 Å². The third-order valence-corrected chi connectivity index (χ3v) is 4.06. The van der Waals surface area contributed by atoms with Crippen LogP contribution in [0.15, 0.2) is 22.7 Å². The van der Waals surface area contributed by atoms with Gasteiger partial charge in [0.1, 0.15) is 5.75 Å². The number of carbonyl (C=O) groups is 1. The van der Waals surface area contributed by atoms with Gasteiger partial charge in [-0.3, -0.25) is 4.79 Å². The minimum atomic E-state index is -0.00902. The van der Waals surface area contributed by atoms with Crippen LogP contribution >= 0.6 is 15.9 Å². The Morgan fingerprint density at radius 3 is 2.78 bits per heavy atom. The van der Waals surface area contributed by atoms with Gasteiger partial charge >= 0.3 is 0 Å². The largest absolute Gasteiger partial charge is 0.496 e. The van der Waals surface area contributed by atoms with E-state index in [1.54, 1.807) is 25.3 Å². The molecule has 18 heavy (non-hydrogen) atoms. The van der Waals surface area contributed by atoms with E-state index in [9.17, 15) is 4.79 Å². The molecule has 3 nitrogen and oxygen atoms in total. The van der Waals surface area contributed by atoms with Crippen molar-refractivity contribution in [2.45, 2.75) is 25.7 Å². The third-order valence-electron chi connectivity index (χ3n) is 3.44. The highest BCUT2D eigenvalue weighted by molar-refractivity contribution is 9.10. The van der Waals surface area contributed by atoms with Gasteiger partial charge in [0, 0.05) is 12.1 Å². The molecule has 4 heteroatoms. The lowest BCUT2D eigenvalue weighted by molar-refractivity contribution is 0.0947. The molecule has 0 saturated heterocycles. The highest BCUT2D eigenvalue weighted by Gasteiger charge is 2.16. The predicted molar refractivity (Wildman–Crippen MR) is 75.0 cm³/mol. The molecule has 0 bridgehead atoms. The summed E-state index contributed by atoms with van der Waals surface area (Å²) in [6, 6.07) is 5.38. The maximum Gasteiger partial charge on any atom is 0.251 e. The Balaban J connectivity index is 1.93. The van der Waals surface area contributed by atoms with Gasteiger partial charge in [-0.25, -0.2) is 0 Å². The molecule has 0 atom stereocenters. The number of rotatable bonds is 4. The van der Waals surface area contributed by atoms with Gasteiger partial charge in [0.15, 0.2) is 0 Å². The second kappa shape index (κ2) is 6.23. The lowest BCUT2D eigenvalue weighted by atomic mass is 10.1. The summed E-state index contributed by atoms with van der Waals surface area (Å²) in [4.78, 5) is 12.0. The average Bonchev–Trinajstić information content (AvgIpc) is 2.89. The number of methoxy groups -OCH3 is 1. The second-order valence-corrected chi connectivity index (χ2v) is 5.56. The van der Waals surface area contributed by atoms with Gasteiger partial charge in [-0.1, -0.05) is 12.8 Å². The van der Waals surface area contributed by atoms with Crippen molar-refractivity contribution in [3.8, 4) is 5.75 Å². The fourth-order valence-corrected chi connectivity index (χ4v) is 2.90. The van der Waals surface area contributed by atoms with E-state index in [-0.39, 0.29) is 5.91 Å². The van der Waals surface area contributed by atoms with E-state index in [4.69, 9.17) is 4.74 Å². The summed E-state index contributed by atoms with van der Waals surface area (Å²) >= 11 is 3.39. The minimum absolute atomic E-state index is 0.00902. The number of amides is 1. The number of carbonyl (C=O) groups excluding carboxylic acids is 1. The Kier molecular flexibility index (Phi) is 4.64. The fourth-order valence-electron chi connectivity index (χ4n) is 2.36. The molecule has 1 amide bonds. The van der Waals surface area contributed by atoms with Gasteiger partial charge in [-0.05, 0) is 52.9 Å². The topological polar surface area (TPSA) is 38.3 Å². The molecule has 98 valence electrons. The van der Waals surface area contributed by atoms with Crippen LogP contribution in [-0.4, -0.2) is 19.6 Å². The molecule has 0 radical (unpaired) electrons. The van der Waals surface area contributed by atoms with Crippen LogP contribution in [0.3, 0.4) is 0 Å². The summed E-state index contributed by atoms with van der Waals surface area (Å²) in [6.45, 7) is 0.794. The molecule has 1 aromatic rings. The van der Waals surface area contributed by atoms with Crippen molar-refractivity contribution >= 4 is 21.8 Å². The van der Waals surface area contributed by atoms with Crippen LogP contribution < -0.4 is 10.1 Å². The van der Waals surface area contributed by atoms with Crippen LogP contribution in [0.2, 0.25) is 0 Å². The molecule has 0 spiro atoms. The second-order valence-electron chi connectivity index (χ2n) is 4.71. The van der Waals surface area contributed by atoms with Crippen molar-refractivity contribution in [3.63, 3.8) is 0 Å². The van der Waals surface area contributed by atoms with E-state index >= 15 is 0 Å². The van der Waals surface area contributed by atoms with Crippen LogP contribution in [0.25, 0.3) is 0 Å². The first-order chi connectivity index (χ1) is 8.70. The molecule has 1 aliphatic carbocycles. The van der Waals surface area contributed by atoms with E-state index in [0.29, 0.717) is 11.5 Å². The zero-order chi connectivity index (χ0) is 13.0. The number of nitrogens with one attached hydrogen (secondary N) is 1. The lowest BCUT2D eigenvalue weighted by Gasteiger charge is -2.11. The molecule has 1 saturated carbocycles. The molecule has 1 aliphatic rings. The van der Waals surface area contributed by atoms with Gasteiger partial charge in [0.25, 0.3) is 5.91 Å². The molecule has 0 heterocycles. The summed E-state index contributed by atoms with van der Waals surface area (Å²) in [7, 11) is 1.61. The standard InChI is InChI=1S/C14H18BrNO2/c1-18-13-7-6-11(8-12(13)15)14(17)16-9-10-4-2-3-5-10/h6-8,10H,2-5,9H2,1H3,(H,16,17). The highest BCUT2D eigenvalue weighted by Crippen LogP contribution is 2.26. The van der Waals surface area contributed by atoms with E-state index in [2.05, 4.69) is 21.2 Å². The number of ether oxygens (including phenoxy) is 1. The Hall–Kier alpha value is -1.03. The van der Waals surface area contributed by atoms with Crippen molar-refractivity contribution < 1.29 is 9.53 Å². The van der Waals surface area contributed by atoms with E-state index in [0.717, 1.165) is 16.8 Å². The molecule has 1 aromatic carbocycles. The van der Waals surface area contributed by atoms with Gasteiger partial charge in [-0.2, -0.15) is 0 Å². The Morgan fingerprint density at radius 1 is 1.44 bits per heavy atom. The smallest absolute Gasteiger partial charge is 0.251 e. The normalized spacial score (nSPS) is 15.7. The Morgan fingerprint density at radius 2 is 2.17 bits per heavy atom. The van der Waals surface area contributed by atoms with Crippen LogP contribution in [0, 0.1) is 5.92 Å². The number of benzene rings is 1. The summed E-state index contributed by atoms with van der Waals surface area (Å²) in [5, 5.41) is 3.00. The molecule has 0 aliphatic heterocycles. The van der Waals surface area contributed by atoms with Gasteiger partial charge in [0.05, 0.1) is 11.6 Å². The SMILES string of the molecule is COc1ccc(C(=O)NCC2CCCC2)cc1Br. The average molecular weight is 312 g/mol. The zero-order valence-electron chi connectivity index (χ0n) is 10.5. The van der Waals surface area contributed by atoms with Gasteiger partial charge < -0.3 is 10.1 Å². The van der Waals surface area contributed by atoms with Crippen molar-refractivity contribution in [3.05, 3.63) is 28.2 Å². The van der Waals surface area contributed by atoms with Crippen LogP contribution in [0.1, 0.15) is 36.0 Å². The van der Waals surface area contributed by atoms with Crippen LogP contribution in [-0.2, 0) is 0 Å². The van der Waals surface area contributed by atoms with Crippen LogP contribution in [0.5, 0.6) is 5.75 Å². The summed E-state index contributed by atoms with van der Waals surface area (Å²) in [5.41, 5.74) is 0.667. The Bertz CT molecular complexity index is 428. The van der Waals surface area contributed by atoms with Crippen LogP contribution in [0.4, 0.5) is 0 Å². The first-order valence-corrected chi connectivity index (χ1v) is 7.11. The summed E-state index contributed by atoms with van der Waals surface area (Å²) < 4.78 is 5.95. The van der Waals surface area contributed by atoms with Gasteiger partial charge in [0.2, 0.25) is 0 Å². The fraction of sp³-hybridized carbons (Fsp3) is 0.500. The maximum absolute atomic E-state index is 12.0.